The van der Waals surface area contributed by atoms with Crippen molar-refractivity contribution >= 4 is 11.5 Å². The quantitative estimate of drug-likeness (QED) is 0.827. The van der Waals surface area contributed by atoms with Crippen LogP contribution in [0.2, 0.25) is 0 Å². The average Bonchev–Trinajstić information content (AvgIpc) is 2.39. The van der Waals surface area contributed by atoms with Crippen LogP contribution in [-0.2, 0) is 4.79 Å². The van der Waals surface area contributed by atoms with Crippen LogP contribution in [-0.4, -0.2) is 36.5 Å². The van der Waals surface area contributed by atoms with Gasteiger partial charge in [0.05, 0.1) is 0 Å². The molecule has 0 spiro atoms. The molecule has 1 amide bonds. The highest BCUT2D eigenvalue weighted by molar-refractivity contribution is 5.95. The number of halogens is 1. The van der Waals surface area contributed by atoms with Gasteiger partial charge in [-0.1, -0.05) is 12.1 Å². The molecule has 0 aliphatic carbocycles. The molecule has 3 nitrogen and oxygen atoms in total. The third-order valence-electron chi connectivity index (χ3n) is 3.42. The summed E-state index contributed by atoms with van der Waals surface area (Å²) < 4.78 is 12.9. The minimum absolute atomic E-state index is 0.0239. The molecule has 0 saturated carbocycles. The minimum Gasteiger partial charge on any atom is -0.334 e. The van der Waals surface area contributed by atoms with Crippen LogP contribution in [0.25, 0.3) is 5.57 Å². The van der Waals surface area contributed by atoms with Gasteiger partial charge in [0.2, 0.25) is 5.91 Å². The van der Waals surface area contributed by atoms with Gasteiger partial charge in [0.1, 0.15) is 5.82 Å². The zero-order chi connectivity index (χ0) is 13.8. The Labute approximate surface area is 113 Å². The van der Waals surface area contributed by atoms with Crippen molar-refractivity contribution < 1.29 is 9.18 Å². The number of allylic oxidation sites excluding steroid dienone is 1. The summed E-state index contributed by atoms with van der Waals surface area (Å²) in [5, 5.41) is 3.25. The maximum Gasteiger partial charge on any atom is 0.247 e. The Kier molecular flexibility index (Phi) is 4.32. The van der Waals surface area contributed by atoms with Crippen LogP contribution in [0.5, 0.6) is 0 Å². The average molecular weight is 262 g/mol. The van der Waals surface area contributed by atoms with E-state index in [9.17, 15) is 9.18 Å². The fraction of sp³-hybridized carbons (Fsp3) is 0.400. The Hall–Kier alpha value is -1.68. The molecule has 2 rings (SSSR count). The number of benzene rings is 1. The second-order valence-electron chi connectivity index (χ2n) is 4.92. The summed E-state index contributed by atoms with van der Waals surface area (Å²) in [6, 6.07) is 6.40. The number of rotatable bonds is 2. The van der Waals surface area contributed by atoms with Crippen molar-refractivity contribution in [3.63, 3.8) is 0 Å². The number of nitrogens with one attached hydrogen (secondary N) is 1. The van der Waals surface area contributed by atoms with E-state index in [2.05, 4.69) is 5.32 Å². The van der Waals surface area contributed by atoms with E-state index in [-0.39, 0.29) is 17.8 Å². The second-order valence-corrected chi connectivity index (χ2v) is 4.92. The molecule has 1 aromatic rings. The lowest BCUT2D eigenvalue weighted by Crippen LogP contribution is -2.51. The molecule has 1 aromatic carbocycles. The number of piperazine rings is 1. The predicted molar refractivity (Wildman–Crippen MR) is 74.1 cm³/mol. The molecular weight excluding hydrogens is 243 g/mol. The minimum atomic E-state index is -0.265. The lowest BCUT2D eigenvalue weighted by atomic mass is 10.1. The molecule has 0 aromatic heterocycles. The van der Waals surface area contributed by atoms with E-state index in [0.29, 0.717) is 0 Å². The molecule has 1 heterocycles. The van der Waals surface area contributed by atoms with Crippen molar-refractivity contribution in [2.45, 2.75) is 19.9 Å². The van der Waals surface area contributed by atoms with Gasteiger partial charge in [0, 0.05) is 31.8 Å². The standard InChI is InChI=1S/C15H19FN2O/c1-11(13-3-5-14(16)6-4-13)9-15(19)18-8-7-17-10-12(18)2/h3-6,9,12,17H,7-8,10H2,1-2H3/b11-9+. The fourth-order valence-electron chi connectivity index (χ4n) is 2.23. The first-order valence-electron chi connectivity index (χ1n) is 6.53. The number of hydrogen-bond donors (Lipinski definition) is 1. The van der Waals surface area contributed by atoms with E-state index in [1.54, 1.807) is 18.2 Å². The first kappa shape index (κ1) is 13.7. The fourth-order valence-corrected chi connectivity index (χ4v) is 2.23. The highest BCUT2D eigenvalue weighted by Gasteiger charge is 2.21. The van der Waals surface area contributed by atoms with Crippen LogP contribution in [0.3, 0.4) is 0 Å². The summed E-state index contributed by atoms with van der Waals surface area (Å²) >= 11 is 0. The molecule has 19 heavy (non-hydrogen) atoms. The third-order valence-corrected chi connectivity index (χ3v) is 3.42. The summed E-state index contributed by atoms with van der Waals surface area (Å²) in [6.07, 6.45) is 1.63. The Morgan fingerprint density at radius 3 is 2.74 bits per heavy atom. The molecule has 1 atom stereocenters. The summed E-state index contributed by atoms with van der Waals surface area (Å²) in [5.41, 5.74) is 1.73. The van der Waals surface area contributed by atoms with Gasteiger partial charge in [-0.15, -0.1) is 0 Å². The van der Waals surface area contributed by atoms with Crippen molar-refractivity contribution in [2.75, 3.05) is 19.6 Å². The number of nitrogens with zero attached hydrogens (tertiary/aromatic N) is 1. The zero-order valence-corrected chi connectivity index (χ0v) is 11.3. The second kappa shape index (κ2) is 5.97. The smallest absolute Gasteiger partial charge is 0.247 e. The van der Waals surface area contributed by atoms with E-state index in [1.807, 2.05) is 18.7 Å². The summed E-state index contributed by atoms with van der Waals surface area (Å²) in [5.74, 6) is -0.241. The summed E-state index contributed by atoms with van der Waals surface area (Å²) in [4.78, 5) is 14.1. The Balaban J connectivity index is 2.11. The van der Waals surface area contributed by atoms with Gasteiger partial charge in [-0.05, 0) is 37.1 Å². The number of carbonyl (C=O) groups excluding carboxylic acids is 1. The van der Waals surface area contributed by atoms with Crippen LogP contribution in [0, 0.1) is 5.82 Å². The van der Waals surface area contributed by atoms with Crippen molar-refractivity contribution in [2.24, 2.45) is 0 Å². The SMILES string of the molecule is C/C(=C\C(=O)N1CCNCC1C)c1ccc(F)cc1. The highest BCUT2D eigenvalue weighted by Crippen LogP contribution is 2.15. The van der Waals surface area contributed by atoms with Crippen LogP contribution in [0.1, 0.15) is 19.4 Å². The molecule has 0 radical (unpaired) electrons. The first-order valence-corrected chi connectivity index (χ1v) is 6.53. The topological polar surface area (TPSA) is 32.3 Å². The molecule has 1 saturated heterocycles. The van der Waals surface area contributed by atoms with Gasteiger partial charge >= 0.3 is 0 Å². The Morgan fingerprint density at radius 1 is 1.42 bits per heavy atom. The number of amides is 1. The number of carbonyl (C=O) groups is 1. The molecule has 1 N–H and O–H groups in total. The van der Waals surface area contributed by atoms with Crippen molar-refractivity contribution in [1.82, 2.24) is 10.2 Å². The molecule has 102 valence electrons. The largest absolute Gasteiger partial charge is 0.334 e. The van der Waals surface area contributed by atoms with Gasteiger partial charge < -0.3 is 10.2 Å². The molecule has 4 heteroatoms. The molecule has 1 aliphatic rings. The van der Waals surface area contributed by atoms with E-state index < -0.39 is 0 Å². The van der Waals surface area contributed by atoms with Gasteiger partial charge in [-0.25, -0.2) is 4.39 Å². The van der Waals surface area contributed by atoms with Crippen molar-refractivity contribution in [3.8, 4) is 0 Å². The molecule has 1 fully saturated rings. The monoisotopic (exact) mass is 262 g/mol. The number of hydrogen-bond acceptors (Lipinski definition) is 2. The normalized spacial score (nSPS) is 20.5. The van der Waals surface area contributed by atoms with E-state index in [0.717, 1.165) is 30.8 Å². The van der Waals surface area contributed by atoms with Crippen molar-refractivity contribution in [3.05, 3.63) is 41.7 Å². The lowest BCUT2D eigenvalue weighted by molar-refractivity contribution is -0.128. The zero-order valence-electron chi connectivity index (χ0n) is 11.3. The summed E-state index contributed by atoms with van der Waals surface area (Å²) in [6.45, 7) is 6.30. The van der Waals surface area contributed by atoms with Crippen LogP contribution < -0.4 is 5.32 Å². The molecule has 1 aliphatic heterocycles. The lowest BCUT2D eigenvalue weighted by Gasteiger charge is -2.33. The van der Waals surface area contributed by atoms with Gasteiger partial charge in [-0.3, -0.25) is 4.79 Å². The Bertz CT molecular complexity index is 481. The van der Waals surface area contributed by atoms with Crippen LogP contribution in [0.4, 0.5) is 4.39 Å². The van der Waals surface area contributed by atoms with Gasteiger partial charge in [-0.2, -0.15) is 0 Å². The molecular formula is C15H19FN2O. The predicted octanol–water partition coefficient (Wildman–Crippen LogP) is 2.05. The van der Waals surface area contributed by atoms with E-state index >= 15 is 0 Å². The summed E-state index contributed by atoms with van der Waals surface area (Å²) in [7, 11) is 0. The maximum atomic E-state index is 12.9. The first-order chi connectivity index (χ1) is 9.08. The Morgan fingerprint density at radius 2 is 2.11 bits per heavy atom. The van der Waals surface area contributed by atoms with Crippen molar-refractivity contribution in [1.29, 1.82) is 0 Å². The van der Waals surface area contributed by atoms with Gasteiger partial charge in [0.25, 0.3) is 0 Å². The van der Waals surface area contributed by atoms with E-state index in [1.165, 1.54) is 12.1 Å². The van der Waals surface area contributed by atoms with Crippen LogP contribution in [0.15, 0.2) is 30.3 Å². The third kappa shape index (κ3) is 3.41. The molecule has 0 bridgehead atoms. The van der Waals surface area contributed by atoms with E-state index in [4.69, 9.17) is 0 Å². The highest BCUT2D eigenvalue weighted by atomic mass is 19.1. The van der Waals surface area contributed by atoms with Gasteiger partial charge in [0.15, 0.2) is 0 Å². The maximum absolute atomic E-state index is 12.9. The molecule has 1 unspecified atom stereocenters. The van der Waals surface area contributed by atoms with Crippen LogP contribution >= 0.6 is 0 Å².